The number of nitrogens with one attached hydrogen (secondary N) is 1. The van der Waals surface area contributed by atoms with E-state index < -0.39 is 6.10 Å². The minimum atomic E-state index is -0.849. The van der Waals surface area contributed by atoms with Gasteiger partial charge in [-0.05, 0) is 30.3 Å². The third-order valence-electron chi connectivity index (χ3n) is 4.14. The molecule has 0 saturated carbocycles. The van der Waals surface area contributed by atoms with Gasteiger partial charge in [-0.2, -0.15) is 0 Å². The largest absolute Gasteiger partial charge is 0.497 e. The maximum Gasteiger partial charge on any atom is 0.251 e. The third kappa shape index (κ3) is 4.80. The average Bonchev–Trinajstić information content (AvgIpc) is 3.14. The molecule has 0 saturated heterocycles. The smallest absolute Gasteiger partial charge is 0.251 e. The first-order valence-corrected chi connectivity index (χ1v) is 9.10. The zero-order chi connectivity index (χ0) is 20.1. The fourth-order valence-corrected chi connectivity index (χ4v) is 2.59. The zero-order valence-corrected chi connectivity index (χ0v) is 16.1. The summed E-state index contributed by atoms with van der Waals surface area (Å²) in [6.07, 6.45) is -0.849. The Labute approximate surface area is 163 Å². The molecule has 28 heavy (non-hydrogen) atoms. The molecule has 0 unspecified atom stereocenters. The summed E-state index contributed by atoms with van der Waals surface area (Å²) < 4.78 is 16.3. The monoisotopic (exact) mass is 384 g/mol. The Bertz CT molecular complexity index is 951. The van der Waals surface area contributed by atoms with Crippen molar-refractivity contribution < 1.29 is 23.8 Å². The van der Waals surface area contributed by atoms with Crippen molar-refractivity contribution in [2.24, 2.45) is 0 Å². The maximum absolute atomic E-state index is 12.4. The lowest BCUT2D eigenvalue weighted by molar-refractivity contribution is 0.0843. The van der Waals surface area contributed by atoms with Crippen molar-refractivity contribution in [2.45, 2.75) is 25.9 Å². The van der Waals surface area contributed by atoms with Crippen LogP contribution >= 0.6 is 0 Å². The lowest BCUT2D eigenvalue weighted by Crippen LogP contribution is -2.35. The molecule has 148 valence electrons. The molecule has 0 bridgehead atoms. The fourth-order valence-electron chi connectivity index (χ4n) is 2.59. The molecule has 1 amide bonds. The van der Waals surface area contributed by atoms with Gasteiger partial charge in [0.05, 0.1) is 7.11 Å². The zero-order valence-electron chi connectivity index (χ0n) is 16.1. The number of amides is 1. The van der Waals surface area contributed by atoms with Crippen molar-refractivity contribution in [3.8, 4) is 11.5 Å². The average molecular weight is 384 g/mol. The van der Waals surface area contributed by atoms with E-state index in [1.54, 1.807) is 49.6 Å². The number of aliphatic hydroxyl groups is 1. The van der Waals surface area contributed by atoms with Crippen LogP contribution in [0.2, 0.25) is 0 Å². The maximum atomic E-state index is 12.4. The molecule has 2 aromatic carbocycles. The van der Waals surface area contributed by atoms with Crippen LogP contribution in [0.15, 0.2) is 46.9 Å². The van der Waals surface area contributed by atoms with Gasteiger partial charge < -0.3 is 24.3 Å². The molecule has 1 heterocycles. The summed E-state index contributed by atoms with van der Waals surface area (Å²) in [5.74, 6) is 1.77. The van der Waals surface area contributed by atoms with E-state index in [9.17, 15) is 9.90 Å². The molecule has 1 atom stereocenters. The van der Waals surface area contributed by atoms with Crippen LogP contribution in [-0.2, 0) is 0 Å². The minimum Gasteiger partial charge on any atom is -0.497 e. The second-order valence-corrected chi connectivity index (χ2v) is 6.74. The number of carbonyl (C=O) groups is 1. The predicted molar refractivity (Wildman–Crippen MR) is 105 cm³/mol. The fraction of sp³-hybridized carbons (Fsp3) is 0.333. The van der Waals surface area contributed by atoms with Crippen LogP contribution in [0.3, 0.4) is 0 Å². The van der Waals surface area contributed by atoms with Crippen molar-refractivity contribution in [2.75, 3.05) is 20.3 Å². The van der Waals surface area contributed by atoms with Crippen LogP contribution in [0.4, 0.5) is 0 Å². The number of carbonyl (C=O) groups excluding carboxylic acids is 1. The van der Waals surface area contributed by atoms with Gasteiger partial charge in [0.2, 0.25) is 0 Å². The van der Waals surface area contributed by atoms with Gasteiger partial charge in [-0.25, -0.2) is 4.98 Å². The van der Waals surface area contributed by atoms with Crippen molar-refractivity contribution in [1.82, 2.24) is 10.3 Å². The standard InChI is InChI=1S/C21H24N2O5/c1-13(2)21-23-18-9-14(7-8-19(18)28-21)20(25)22-11-15(24)12-27-17-6-4-5-16(10-17)26-3/h4-10,13,15,24H,11-12H2,1-3H3,(H,22,25)/t15-/m1/s1. The Morgan fingerprint density at radius 2 is 2.00 bits per heavy atom. The highest BCUT2D eigenvalue weighted by molar-refractivity contribution is 5.97. The van der Waals surface area contributed by atoms with Crippen molar-refractivity contribution in [1.29, 1.82) is 0 Å². The SMILES string of the molecule is COc1cccc(OC[C@H](O)CNC(=O)c2ccc3oc(C(C)C)nc3c2)c1. The number of aliphatic hydroxyl groups excluding tert-OH is 1. The first-order chi connectivity index (χ1) is 13.5. The highest BCUT2D eigenvalue weighted by Crippen LogP contribution is 2.22. The number of ether oxygens (including phenoxy) is 2. The molecule has 0 radical (unpaired) electrons. The quantitative estimate of drug-likeness (QED) is 0.620. The summed E-state index contributed by atoms with van der Waals surface area (Å²) in [6.45, 7) is 4.10. The van der Waals surface area contributed by atoms with E-state index in [0.717, 1.165) is 0 Å². The Morgan fingerprint density at radius 1 is 1.21 bits per heavy atom. The predicted octanol–water partition coefficient (Wildman–Crippen LogP) is 3.13. The van der Waals surface area contributed by atoms with Crippen LogP contribution in [-0.4, -0.2) is 42.4 Å². The van der Waals surface area contributed by atoms with E-state index in [2.05, 4.69) is 10.3 Å². The van der Waals surface area contributed by atoms with E-state index in [0.29, 0.717) is 34.1 Å². The second-order valence-electron chi connectivity index (χ2n) is 6.74. The first-order valence-electron chi connectivity index (χ1n) is 9.10. The van der Waals surface area contributed by atoms with Gasteiger partial charge in [-0.15, -0.1) is 0 Å². The molecule has 3 aromatic rings. The normalized spacial score (nSPS) is 12.2. The topological polar surface area (TPSA) is 93.8 Å². The van der Waals surface area contributed by atoms with Gasteiger partial charge in [-0.3, -0.25) is 4.79 Å². The number of rotatable bonds is 8. The lowest BCUT2D eigenvalue weighted by Gasteiger charge is -2.14. The molecule has 3 rings (SSSR count). The summed E-state index contributed by atoms with van der Waals surface area (Å²) in [6, 6.07) is 12.2. The van der Waals surface area contributed by atoms with Gasteiger partial charge in [0.1, 0.15) is 29.7 Å². The number of fused-ring (bicyclic) bond motifs is 1. The molecule has 1 aromatic heterocycles. The van der Waals surface area contributed by atoms with E-state index in [4.69, 9.17) is 13.9 Å². The van der Waals surface area contributed by atoms with Gasteiger partial charge in [0, 0.05) is 24.1 Å². The number of hydrogen-bond acceptors (Lipinski definition) is 6. The van der Waals surface area contributed by atoms with Crippen molar-refractivity contribution in [3.63, 3.8) is 0 Å². The van der Waals surface area contributed by atoms with Crippen LogP contribution in [0.5, 0.6) is 11.5 Å². The molecule has 0 aliphatic carbocycles. The Morgan fingerprint density at radius 3 is 2.75 bits per heavy atom. The molecule has 0 aliphatic heterocycles. The van der Waals surface area contributed by atoms with Crippen LogP contribution in [0.1, 0.15) is 36.0 Å². The van der Waals surface area contributed by atoms with Crippen LogP contribution in [0.25, 0.3) is 11.1 Å². The van der Waals surface area contributed by atoms with E-state index >= 15 is 0 Å². The number of benzene rings is 2. The Hall–Kier alpha value is -3.06. The number of oxazole rings is 1. The summed E-state index contributed by atoms with van der Waals surface area (Å²) in [5, 5.41) is 12.8. The van der Waals surface area contributed by atoms with Gasteiger partial charge in [0.15, 0.2) is 11.5 Å². The van der Waals surface area contributed by atoms with Crippen molar-refractivity contribution >= 4 is 17.0 Å². The third-order valence-corrected chi connectivity index (χ3v) is 4.14. The second kappa shape index (κ2) is 8.75. The minimum absolute atomic E-state index is 0.0491. The summed E-state index contributed by atoms with van der Waals surface area (Å²) in [7, 11) is 1.57. The van der Waals surface area contributed by atoms with Crippen molar-refractivity contribution in [3.05, 3.63) is 53.9 Å². The number of nitrogens with zero attached hydrogens (tertiary/aromatic N) is 1. The molecule has 0 aliphatic rings. The molecule has 7 heteroatoms. The van der Waals surface area contributed by atoms with Gasteiger partial charge >= 0.3 is 0 Å². The Kier molecular flexibility index (Phi) is 6.16. The number of methoxy groups -OCH3 is 1. The summed E-state index contributed by atoms with van der Waals surface area (Å²) in [4.78, 5) is 16.8. The van der Waals surface area contributed by atoms with E-state index in [1.165, 1.54) is 0 Å². The molecular formula is C21H24N2O5. The Balaban J connectivity index is 1.53. The lowest BCUT2D eigenvalue weighted by atomic mass is 10.2. The summed E-state index contributed by atoms with van der Waals surface area (Å²) >= 11 is 0. The number of aromatic nitrogens is 1. The van der Waals surface area contributed by atoms with E-state index in [-0.39, 0.29) is 25.0 Å². The van der Waals surface area contributed by atoms with Crippen LogP contribution in [0, 0.1) is 0 Å². The summed E-state index contributed by atoms with van der Waals surface area (Å²) in [5.41, 5.74) is 1.74. The highest BCUT2D eigenvalue weighted by Gasteiger charge is 2.14. The molecule has 7 nitrogen and oxygen atoms in total. The van der Waals surface area contributed by atoms with Crippen LogP contribution < -0.4 is 14.8 Å². The molecular weight excluding hydrogens is 360 g/mol. The number of hydrogen-bond donors (Lipinski definition) is 2. The molecule has 0 fully saturated rings. The molecule has 0 spiro atoms. The first kappa shape index (κ1) is 19.7. The van der Waals surface area contributed by atoms with E-state index in [1.807, 2.05) is 13.8 Å². The van der Waals surface area contributed by atoms with Gasteiger partial charge in [-0.1, -0.05) is 19.9 Å². The van der Waals surface area contributed by atoms with Gasteiger partial charge in [0.25, 0.3) is 5.91 Å². The highest BCUT2D eigenvalue weighted by atomic mass is 16.5. The molecule has 2 N–H and O–H groups in total.